The van der Waals surface area contributed by atoms with Crippen LogP contribution in [0.2, 0.25) is 0 Å². The maximum absolute atomic E-state index is 11.8. The largest absolute Gasteiger partial charge is 0.481 e. The number of ether oxygens (including phenoxy) is 2. The second kappa shape index (κ2) is 8.49. The molecule has 2 aromatic rings. The summed E-state index contributed by atoms with van der Waals surface area (Å²) >= 11 is 3.36. The molecule has 6 heteroatoms. The molecule has 1 N–H and O–H groups in total. The van der Waals surface area contributed by atoms with Gasteiger partial charge >= 0.3 is 5.97 Å². The van der Waals surface area contributed by atoms with Crippen molar-refractivity contribution in [3.05, 3.63) is 58.1 Å². The Bertz CT molecular complexity index is 746. The Morgan fingerprint density at radius 1 is 1.04 bits per heavy atom. The number of anilines is 1. The Balaban J connectivity index is 1.75. The zero-order chi connectivity index (χ0) is 17.5. The Morgan fingerprint density at radius 2 is 1.79 bits per heavy atom. The third-order valence-corrected chi connectivity index (χ3v) is 3.72. The number of rotatable bonds is 6. The van der Waals surface area contributed by atoms with Gasteiger partial charge in [0.2, 0.25) is 0 Å². The van der Waals surface area contributed by atoms with Gasteiger partial charge in [0, 0.05) is 5.69 Å². The molecule has 0 saturated carbocycles. The molecule has 0 heterocycles. The minimum Gasteiger partial charge on any atom is -0.481 e. The smallest absolute Gasteiger partial charge is 0.344 e. The van der Waals surface area contributed by atoms with Crippen LogP contribution in [0.25, 0.3) is 0 Å². The van der Waals surface area contributed by atoms with Crippen LogP contribution in [0.1, 0.15) is 11.1 Å². The van der Waals surface area contributed by atoms with Gasteiger partial charge in [0.1, 0.15) is 5.75 Å². The Kier molecular flexibility index (Phi) is 6.37. The number of carbonyl (C=O) groups excluding carboxylic acids is 2. The average molecular weight is 392 g/mol. The van der Waals surface area contributed by atoms with Crippen molar-refractivity contribution in [2.24, 2.45) is 0 Å². The minimum absolute atomic E-state index is 0.264. The van der Waals surface area contributed by atoms with Crippen LogP contribution < -0.4 is 10.1 Å². The molecule has 0 aliphatic carbocycles. The molecule has 1 amide bonds. The Morgan fingerprint density at radius 3 is 2.50 bits per heavy atom. The van der Waals surface area contributed by atoms with Gasteiger partial charge in [-0.2, -0.15) is 0 Å². The first-order valence-corrected chi connectivity index (χ1v) is 8.14. The van der Waals surface area contributed by atoms with E-state index in [4.69, 9.17) is 9.47 Å². The molecule has 2 aromatic carbocycles. The van der Waals surface area contributed by atoms with E-state index in [-0.39, 0.29) is 13.2 Å². The standard InChI is InChI=1S/C18H18BrNO4/c1-12-4-3-5-14(8-12)20-17(21)10-24-18(22)11-23-16-7-6-13(2)9-15(16)19/h3-9H,10-11H2,1-2H3,(H,20,21). The highest BCUT2D eigenvalue weighted by Gasteiger charge is 2.10. The topological polar surface area (TPSA) is 64.6 Å². The summed E-state index contributed by atoms with van der Waals surface area (Å²) in [6.07, 6.45) is 0. The fourth-order valence-corrected chi connectivity index (χ4v) is 2.57. The van der Waals surface area contributed by atoms with E-state index in [1.807, 2.05) is 44.2 Å². The third-order valence-electron chi connectivity index (χ3n) is 3.10. The summed E-state index contributed by atoms with van der Waals surface area (Å²) in [5, 5.41) is 2.66. The van der Waals surface area contributed by atoms with Gasteiger partial charge in [0.25, 0.3) is 5.91 Å². The summed E-state index contributed by atoms with van der Waals surface area (Å²) in [4.78, 5) is 23.4. The molecule has 0 aliphatic rings. The lowest BCUT2D eigenvalue weighted by atomic mass is 10.2. The lowest BCUT2D eigenvalue weighted by Gasteiger charge is -2.09. The highest BCUT2D eigenvalue weighted by molar-refractivity contribution is 9.10. The van der Waals surface area contributed by atoms with Gasteiger partial charge in [-0.25, -0.2) is 4.79 Å². The van der Waals surface area contributed by atoms with E-state index >= 15 is 0 Å². The van der Waals surface area contributed by atoms with E-state index in [1.165, 1.54) is 0 Å². The molecule has 24 heavy (non-hydrogen) atoms. The van der Waals surface area contributed by atoms with Gasteiger partial charge in [-0.1, -0.05) is 18.2 Å². The summed E-state index contributed by atoms with van der Waals surface area (Å²) in [6, 6.07) is 12.9. The fraction of sp³-hybridized carbons (Fsp3) is 0.222. The molecule has 0 aliphatic heterocycles. The number of hydrogen-bond acceptors (Lipinski definition) is 4. The zero-order valence-electron chi connectivity index (χ0n) is 13.5. The summed E-state index contributed by atoms with van der Waals surface area (Å²) < 4.78 is 11.0. The third kappa shape index (κ3) is 5.70. The Labute approximate surface area is 149 Å². The van der Waals surface area contributed by atoms with Crippen LogP contribution in [-0.4, -0.2) is 25.1 Å². The monoisotopic (exact) mass is 391 g/mol. The highest BCUT2D eigenvalue weighted by Crippen LogP contribution is 2.25. The van der Waals surface area contributed by atoms with Gasteiger partial charge in [-0.05, 0) is 65.2 Å². The Hall–Kier alpha value is -2.34. The van der Waals surface area contributed by atoms with E-state index < -0.39 is 11.9 Å². The van der Waals surface area contributed by atoms with Gasteiger partial charge in [-0.3, -0.25) is 4.79 Å². The quantitative estimate of drug-likeness (QED) is 0.763. The number of hydrogen-bond donors (Lipinski definition) is 1. The predicted octanol–water partition coefficient (Wildman–Crippen LogP) is 3.63. The van der Waals surface area contributed by atoms with Gasteiger partial charge in [0.05, 0.1) is 4.47 Å². The van der Waals surface area contributed by atoms with Gasteiger partial charge < -0.3 is 14.8 Å². The maximum Gasteiger partial charge on any atom is 0.344 e. The number of benzene rings is 2. The van der Waals surface area contributed by atoms with Crippen LogP contribution in [0.4, 0.5) is 5.69 Å². The number of carbonyl (C=O) groups is 2. The zero-order valence-corrected chi connectivity index (χ0v) is 15.1. The van der Waals surface area contributed by atoms with Crippen molar-refractivity contribution in [1.29, 1.82) is 0 Å². The summed E-state index contributed by atoms with van der Waals surface area (Å²) in [5.41, 5.74) is 2.77. The van der Waals surface area contributed by atoms with Crippen LogP contribution in [0, 0.1) is 13.8 Å². The van der Waals surface area contributed by atoms with E-state index in [0.717, 1.165) is 15.6 Å². The van der Waals surface area contributed by atoms with Crippen molar-refractivity contribution < 1.29 is 19.1 Å². The van der Waals surface area contributed by atoms with E-state index in [1.54, 1.807) is 12.1 Å². The van der Waals surface area contributed by atoms with E-state index in [2.05, 4.69) is 21.2 Å². The number of amides is 1. The highest BCUT2D eigenvalue weighted by atomic mass is 79.9. The maximum atomic E-state index is 11.8. The van der Waals surface area contributed by atoms with E-state index in [0.29, 0.717) is 11.4 Å². The number of halogens is 1. The molecule has 0 fully saturated rings. The van der Waals surface area contributed by atoms with Crippen LogP contribution >= 0.6 is 15.9 Å². The lowest BCUT2D eigenvalue weighted by Crippen LogP contribution is -2.23. The lowest BCUT2D eigenvalue weighted by molar-refractivity contribution is -0.149. The summed E-state index contributed by atoms with van der Waals surface area (Å²) in [7, 11) is 0. The molecule has 0 bridgehead atoms. The number of aryl methyl sites for hydroxylation is 2. The van der Waals surface area contributed by atoms with Crippen molar-refractivity contribution in [1.82, 2.24) is 0 Å². The van der Waals surface area contributed by atoms with E-state index in [9.17, 15) is 9.59 Å². The molecule has 0 unspecified atom stereocenters. The normalized spacial score (nSPS) is 10.1. The molecular weight excluding hydrogens is 374 g/mol. The molecular formula is C18H18BrNO4. The van der Waals surface area contributed by atoms with Crippen molar-refractivity contribution in [2.45, 2.75) is 13.8 Å². The number of nitrogens with one attached hydrogen (secondary N) is 1. The SMILES string of the molecule is Cc1cccc(NC(=O)COC(=O)COc2ccc(C)cc2Br)c1. The van der Waals surface area contributed by atoms with Gasteiger partial charge in [-0.15, -0.1) is 0 Å². The predicted molar refractivity (Wildman–Crippen MR) is 95.1 cm³/mol. The molecule has 0 aromatic heterocycles. The molecule has 0 spiro atoms. The molecule has 2 rings (SSSR count). The summed E-state index contributed by atoms with van der Waals surface area (Å²) in [5.74, 6) is -0.464. The minimum atomic E-state index is -0.609. The van der Waals surface area contributed by atoms with Crippen molar-refractivity contribution in [2.75, 3.05) is 18.5 Å². The molecule has 126 valence electrons. The second-order valence-electron chi connectivity index (χ2n) is 5.30. The van der Waals surface area contributed by atoms with Crippen molar-refractivity contribution >= 4 is 33.5 Å². The molecule has 0 radical (unpaired) electrons. The molecule has 5 nitrogen and oxygen atoms in total. The molecule has 0 saturated heterocycles. The van der Waals surface area contributed by atoms with Crippen molar-refractivity contribution in [3.8, 4) is 5.75 Å². The first-order chi connectivity index (χ1) is 11.4. The first kappa shape index (κ1) is 18.0. The van der Waals surface area contributed by atoms with Crippen molar-refractivity contribution in [3.63, 3.8) is 0 Å². The van der Waals surface area contributed by atoms with Crippen LogP contribution in [-0.2, 0) is 14.3 Å². The van der Waals surface area contributed by atoms with Crippen LogP contribution in [0.3, 0.4) is 0 Å². The molecule has 0 atom stereocenters. The van der Waals surface area contributed by atoms with Gasteiger partial charge in [0.15, 0.2) is 13.2 Å². The van der Waals surface area contributed by atoms with Crippen LogP contribution in [0.15, 0.2) is 46.9 Å². The first-order valence-electron chi connectivity index (χ1n) is 7.35. The fourth-order valence-electron chi connectivity index (χ4n) is 1.97. The average Bonchev–Trinajstić information content (AvgIpc) is 2.52. The number of esters is 1. The second-order valence-corrected chi connectivity index (χ2v) is 6.16. The summed E-state index contributed by atoms with van der Waals surface area (Å²) in [6.45, 7) is 3.26. The van der Waals surface area contributed by atoms with Crippen LogP contribution in [0.5, 0.6) is 5.75 Å².